The molecule has 0 saturated heterocycles. The van der Waals surface area contributed by atoms with E-state index in [2.05, 4.69) is 34.8 Å². The van der Waals surface area contributed by atoms with Crippen molar-refractivity contribution in [3.63, 3.8) is 0 Å². The summed E-state index contributed by atoms with van der Waals surface area (Å²) < 4.78 is 18.1. The molecule has 10 nitrogen and oxygen atoms in total. The molecule has 2 aromatic carbocycles. The Labute approximate surface area is 279 Å². The van der Waals surface area contributed by atoms with Gasteiger partial charge in [0.05, 0.1) is 37.0 Å². The van der Waals surface area contributed by atoms with Crippen molar-refractivity contribution in [3.05, 3.63) is 62.7 Å². The molecule has 11 heteroatoms. The van der Waals surface area contributed by atoms with Crippen molar-refractivity contribution in [3.8, 4) is 17.2 Å². The fourth-order valence-electron chi connectivity index (χ4n) is 5.54. The van der Waals surface area contributed by atoms with E-state index in [-0.39, 0.29) is 32.1 Å². The highest BCUT2D eigenvalue weighted by Crippen LogP contribution is 2.37. The zero-order chi connectivity index (χ0) is 32.8. The Kier molecular flexibility index (Phi) is 15.4. The average Bonchev–Trinajstić information content (AvgIpc) is 3.05. The molecule has 0 heterocycles. The Balaban J connectivity index is 1.98. The average molecular weight is 739 g/mol. The van der Waals surface area contributed by atoms with Crippen molar-refractivity contribution in [1.82, 2.24) is 10.2 Å². The van der Waals surface area contributed by atoms with Crippen LogP contribution in [0.2, 0.25) is 0 Å². The van der Waals surface area contributed by atoms with Gasteiger partial charge in [0.15, 0.2) is 11.5 Å². The van der Waals surface area contributed by atoms with Crippen molar-refractivity contribution in [2.75, 3.05) is 33.9 Å². The number of nitrogens with one attached hydrogen (secondary N) is 1. The number of unbranched alkanes of at least 4 members (excludes halogenated alkanes) is 4. The topological polar surface area (TPSA) is 138 Å². The molecular formula is C34H47IN2O8. The summed E-state index contributed by atoms with van der Waals surface area (Å²) in [4.78, 5) is 28.8. The number of benzene rings is 2. The molecule has 0 bridgehead atoms. The zero-order valence-electron chi connectivity index (χ0n) is 26.5. The van der Waals surface area contributed by atoms with Crippen LogP contribution in [0.4, 0.5) is 0 Å². The van der Waals surface area contributed by atoms with E-state index >= 15 is 0 Å². The van der Waals surface area contributed by atoms with Crippen LogP contribution in [0.15, 0.2) is 48.0 Å². The smallest absolute Gasteiger partial charge is 0.247 e. The van der Waals surface area contributed by atoms with E-state index in [1.54, 1.807) is 30.2 Å². The molecule has 2 aromatic rings. The molecular weight excluding hydrogens is 691 g/mol. The molecule has 45 heavy (non-hydrogen) atoms. The number of hydrogen-bond acceptors (Lipinski definition) is 8. The first kappa shape index (κ1) is 36.6. The number of ether oxygens (including phenoxy) is 3. The lowest BCUT2D eigenvalue weighted by atomic mass is 9.87. The van der Waals surface area contributed by atoms with E-state index in [0.29, 0.717) is 51.3 Å². The molecule has 1 aliphatic rings. The number of hydrogen-bond donors (Lipinski definition) is 4. The lowest BCUT2D eigenvalue weighted by molar-refractivity contribution is -0.138. The number of aliphatic hydroxyl groups is 3. The van der Waals surface area contributed by atoms with Gasteiger partial charge in [0.25, 0.3) is 0 Å². The monoisotopic (exact) mass is 738 g/mol. The van der Waals surface area contributed by atoms with E-state index < -0.39 is 24.2 Å². The number of carbonyl (C=O) groups is 2. The first-order valence-corrected chi connectivity index (χ1v) is 16.7. The van der Waals surface area contributed by atoms with Crippen LogP contribution < -0.4 is 19.5 Å². The maximum Gasteiger partial charge on any atom is 0.247 e. The molecule has 0 aliphatic heterocycles. The SMILES string of the molecule is CCCCCCCC(=O)N(CCc1ccccc1OC)[C@@H]1CC(C(=O)NCCO)=C[C@H](Oc2c(I)cc(CO)cc2OC)[C@H]1O. The Morgan fingerprint density at radius 3 is 2.47 bits per heavy atom. The molecule has 2 amide bonds. The maximum atomic E-state index is 13.9. The molecule has 0 unspecified atom stereocenters. The van der Waals surface area contributed by atoms with Crippen LogP contribution in [0, 0.1) is 3.57 Å². The van der Waals surface area contributed by atoms with E-state index in [9.17, 15) is 24.9 Å². The van der Waals surface area contributed by atoms with E-state index in [0.717, 1.165) is 37.7 Å². The maximum absolute atomic E-state index is 13.9. The Bertz CT molecular complexity index is 1290. The number of halogens is 1. The molecule has 0 saturated carbocycles. The molecule has 3 rings (SSSR count). The van der Waals surface area contributed by atoms with Crippen LogP contribution in [0.3, 0.4) is 0 Å². The van der Waals surface area contributed by atoms with Crippen molar-refractivity contribution < 1.29 is 39.1 Å². The van der Waals surface area contributed by atoms with E-state index in [1.807, 2.05) is 24.3 Å². The number of aliphatic hydroxyl groups excluding tert-OH is 3. The van der Waals surface area contributed by atoms with E-state index in [4.69, 9.17) is 14.2 Å². The minimum absolute atomic E-state index is 0.0669. The summed E-state index contributed by atoms with van der Waals surface area (Å²) in [7, 11) is 3.09. The van der Waals surface area contributed by atoms with Crippen molar-refractivity contribution in [2.24, 2.45) is 0 Å². The predicted octanol–water partition coefficient (Wildman–Crippen LogP) is 4.15. The summed E-state index contributed by atoms with van der Waals surface area (Å²) in [6.45, 7) is 2.11. The third kappa shape index (κ3) is 10.3. The summed E-state index contributed by atoms with van der Waals surface area (Å²) in [6, 6.07) is 10.3. The van der Waals surface area contributed by atoms with Gasteiger partial charge >= 0.3 is 0 Å². The molecule has 1 aliphatic carbocycles. The Morgan fingerprint density at radius 2 is 1.78 bits per heavy atom. The molecule has 4 N–H and O–H groups in total. The van der Waals surface area contributed by atoms with Crippen LogP contribution >= 0.6 is 22.6 Å². The van der Waals surface area contributed by atoms with Crippen molar-refractivity contribution in [1.29, 1.82) is 0 Å². The van der Waals surface area contributed by atoms with Crippen molar-refractivity contribution >= 4 is 34.4 Å². The summed E-state index contributed by atoms with van der Waals surface area (Å²) in [5, 5.41) is 33.5. The van der Waals surface area contributed by atoms with Gasteiger partial charge in [0, 0.05) is 31.5 Å². The highest BCUT2D eigenvalue weighted by Gasteiger charge is 2.40. The van der Waals surface area contributed by atoms with Crippen LogP contribution in [0.5, 0.6) is 17.2 Å². The van der Waals surface area contributed by atoms with Crippen LogP contribution in [-0.2, 0) is 22.6 Å². The van der Waals surface area contributed by atoms with Gasteiger partial charge in [-0.3, -0.25) is 9.59 Å². The number of methoxy groups -OCH3 is 2. The first-order chi connectivity index (χ1) is 21.8. The van der Waals surface area contributed by atoms with Crippen molar-refractivity contribution in [2.45, 2.75) is 83.1 Å². The normalized spacial score (nSPS) is 17.8. The second-order valence-corrected chi connectivity index (χ2v) is 12.3. The zero-order valence-corrected chi connectivity index (χ0v) is 28.6. The van der Waals surface area contributed by atoms with Gasteiger partial charge < -0.3 is 39.7 Å². The second-order valence-electron chi connectivity index (χ2n) is 11.1. The van der Waals surface area contributed by atoms with Crippen LogP contribution in [0.1, 0.15) is 63.0 Å². The van der Waals surface area contributed by atoms with Gasteiger partial charge in [-0.1, -0.05) is 50.8 Å². The highest BCUT2D eigenvalue weighted by molar-refractivity contribution is 14.1. The van der Waals surface area contributed by atoms with Gasteiger partial charge in [-0.2, -0.15) is 0 Å². The fourth-order valence-corrected chi connectivity index (χ4v) is 6.34. The lowest BCUT2D eigenvalue weighted by Gasteiger charge is -2.41. The largest absolute Gasteiger partial charge is 0.496 e. The van der Waals surface area contributed by atoms with Gasteiger partial charge in [0.1, 0.15) is 18.0 Å². The van der Waals surface area contributed by atoms with Gasteiger partial charge in [-0.25, -0.2) is 0 Å². The van der Waals surface area contributed by atoms with Gasteiger partial charge in [-0.15, -0.1) is 0 Å². The predicted molar refractivity (Wildman–Crippen MR) is 180 cm³/mol. The number of amides is 2. The van der Waals surface area contributed by atoms with Crippen LogP contribution in [0.25, 0.3) is 0 Å². The standard InChI is InChI=1S/C34H47IN2O8/c1-4-5-6-7-8-13-31(40)37(16-14-24-11-9-10-12-28(24)43-2)27-20-25(34(42)36-15-17-38)21-29(32(27)41)45-33-26(35)18-23(22-39)19-30(33)44-3/h9-12,18-19,21,27,29,32,38-39,41H,4-8,13-17,20,22H2,1-3H3,(H,36,42)/t27-,29+,32+/m1/s1. The van der Waals surface area contributed by atoms with Gasteiger partial charge in [0.2, 0.25) is 11.8 Å². The number of carbonyl (C=O) groups excluding carboxylic acids is 2. The molecule has 0 fully saturated rings. The third-order valence-corrected chi connectivity index (χ3v) is 8.77. The minimum atomic E-state index is -1.17. The Hall–Kier alpha value is -2.87. The number of nitrogens with zero attached hydrogens (tertiary/aromatic N) is 1. The summed E-state index contributed by atoms with van der Waals surface area (Å²) in [5.74, 6) is 0.946. The number of rotatable bonds is 18. The summed E-state index contributed by atoms with van der Waals surface area (Å²) in [6.07, 6.45) is 5.31. The summed E-state index contributed by atoms with van der Waals surface area (Å²) >= 11 is 2.08. The second kappa shape index (κ2) is 18.9. The first-order valence-electron chi connectivity index (χ1n) is 15.6. The molecule has 248 valence electrons. The van der Waals surface area contributed by atoms with Gasteiger partial charge in [-0.05, 0) is 70.8 Å². The summed E-state index contributed by atoms with van der Waals surface area (Å²) in [5.41, 5.74) is 1.92. The molecule has 0 spiro atoms. The van der Waals surface area contributed by atoms with E-state index in [1.165, 1.54) is 7.11 Å². The Morgan fingerprint density at radius 1 is 1.04 bits per heavy atom. The molecule has 0 aromatic heterocycles. The highest BCUT2D eigenvalue weighted by atomic mass is 127. The third-order valence-electron chi connectivity index (χ3n) is 7.97. The van der Waals surface area contributed by atoms with Crippen LogP contribution in [-0.4, -0.2) is 84.2 Å². The number of para-hydroxylation sites is 1. The quantitative estimate of drug-likeness (QED) is 0.132. The minimum Gasteiger partial charge on any atom is -0.496 e. The molecule has 3 atom stereocenters. The lowest BCUT2D eigenvalue weighted by Crippen LogP contribution is -2.55. The fraction of sp³-hybridized carbons (Fsp3) is 0.529. The molecule has 0 radical (unpaired) electrons.